The van der Waals surface area contributed by atoms with E-state index >= 15 is 0 Å². The highest BCUT2D eigenvalue weighted by Crippen LogP contribution is 2.32. The summed E-state index contributed by atoms with van der Waals surface area (Å²) in [5, 5.41) is 10.0. The summed E-state index contributed by atoms with van der Waals surface area (Å²) in [4.78, 5) is 0. The highest BCUT2D eigenvalue weighted by Gasteiger charge is 2.31. The predicted molar refractivity (Wildman–Crippen MR) is 41.8 cm³/mol. The van der Waals surface area contributed by atoms with Gasteiger partial charge in [-0.1, -0.05) is 6.92 Å². The molecule has 1 fully saturated rings. The smallest absolute Gasteiger partial charge is 0.0735 e. The maximum atomic E-state index is 9.62. The molecular weight excluding hydrogens is 132 g/mol. The maximum absolute atomic E-state index is 9.62. The third-order valence-electron chi connectivity index (χ3n) is 2.07. The number of aliphatic hydroxyl groups is 1. The van der Waals surface area contributed by atoms with Gasteiger partial charge in [0.1, 0.15) is 0 Å². The van der Waals surface area contributed by atoms with Crippen molar-refractivity contribution in [2.45, 2.75) is 37.5 Å². The van der Waals surface area contributed by atoms with Gasteiger partial charge >= 0.3 is 0 Å². The van der Waals surface area contributed by atoms with Crippen molar-refractivity contribution in [3.63, 3.8) is 0 Å². The number of rotatable bonds is 0. The monoisotopic (exact) mass is 146 g/mol. The lowest BCUT2D eigenvalue weighted by molar-refractivity contribution is 0.0489. The van der Waals surface area contributed by atoms with E-state index < -0.39 is 5.60 Å². The second kappa shape index (κ2) is 2.51. The maximum Gasteiger partial charge on any atom is 0.0735 e. The fourth-order valence-corrected chi connectivity index (χ4v) is 2.21. The minimum absolute atomic E-state index is 0.400. The molecule has 1 aliphatic rings. The molecule has 2 atom stereocenters. The van der Waals surface area contributed by atoms with E-state index in [0.717, 1.165) is 6.42 Å². The molecule has 0 aromatic rings. The van der Waals surface area contributed by atoms with Gasteiger partial charge in [-0.15, -0.1) is 0 Å². The molecule has 0 radical (unpaired) electrons. The van der Waals surface area contributed by atoms with Crippen LogP contribution in [-0.4, -0.2) is 21.7 Å². The molecule has 1 rings (SSSR count). The quantitative estimate of drug-likeness (QED) is 0.561. The van der Waals surface area contributed by atoms with Gasteiger partial charge < -0.3 is 5.11 Å². The largest absolute Gasteiger partial charge is 0.389 e. The van der Waals surface area contributed by atoms with Crippen molar-refractivity contribution >= 4 is 11.8 Å². The Morgan fingerprint density at radius 3 is 2.67 bits per heavy atom. The Labute approximate surface area is 60.8 Å². The minimum Gasteiger partial charge on any atom is -0.389 e. The molecule has 2 unspecified atom stereocenters. The minimum atomic E-state index is -0.400. The summed E-state index contributed by atoms with van der Waals surface area (Å²) in [6, 6.07) is 0. The fourth-order valence-electron chi connectivity index (χ4n) is 1.07. The first kappa shape index (κ1) is 7.42. The Bertz CT molecular complexity index is 101. The zero-order chi connectivity index (χ0) is 6.91. The second-order valence-corrected chi connectivity index (χ2v) is 4.42. The van der Waals surface area contributed by atoms with E-state index in [1.165, 1.54) is 12.2 Å². The molecule has 0 bridgehead atoms. The molecule has 1 saturated heterocycles. The molecule has 1 N–H and O–H groups in total. The number of thioether (sulfide) groups is 1. The van der Waals surface area contributed by atoms with Crippen LogP contribution in [0.5, 0.6) is 0 Å². The topological polar surface area (TPSA) is 20.2 Å². The SMILES string of the molecule is CC1SCCCC1(C)O. The van der Waals surface area contributed by atoms with Crippen molar-refractivity contribution in [2.24, 2.45) is 0 Å². The summed E-state index contributed by atoms with van der Waals surface area (Å²) in [7, 11) is 0. The van der Waals surface area contributed by atoms with Crippen molar-refractivity contribution in [3.05, 3.63) is 0 Å². The van der Waals surface area contributed by atoms with Crippen molar-refractivity contribution in [1.82, 2.24) is 0 Å². The van der Waals surface area contributed by atoms with Crippen LogP contribution in [0, 0.1) is 0 Å². The van der Waals surface area contributed by atoms with E-state index in [0.29, 0.717) is 5.25 Å². The number of hydrogen-bond acceptors (Lipinski definition) is 2. The lowest BCUT2D eigenvalue weighted by Crippen LogP contribution is -2.38. The van der Waals surface area contributed by atoms with Crippen molar-refractivity contribution < 1.29 is 5.11 Å². The Balaban J connectivity index is 2.49. The fraction of sp³-hybridized carbons (Fsp3) is 1.00. The molecule has 9 heavy (non-hydrogen) atoms. The first-order chi connectivity index (χ1) is 4.13. The zero-order valence-electron chi connectivity index (χ0n) is 6.05. The van der Waals surface area contributed by atoms with Gasteiger partial charge in [-0.25, -0.2) is 0 Å². The van der Waals surface area contributed by atoms with Crippen molar-refractivity contribution in [2.75, 3.05) is 5.75 Å². The summed E-state index contributed by atoms with van der Waals surface area (Å²) in [6.45, 7) is 4.04. The summed E-state index contributed by atoms with van der Waals surface area (Å²) in [5.74, 6) is 1.22. The molecule has 0 spiro atoms. The van der Waals surface area contributed by atoms with Gasteiger partial charge in [-0.05, 0) is 25.5 Å². The van der Waals surface area contributed by atoms with Crippen LogP contribution >= 0.6 is 11.8 Å². The van der Waals surface area contributed by atoms with E-state index in [9.17, 15) is 5.11 Å². The standard InChI is InChI=1S/C7H14OS/c1-6-7(2,8)4-3-5-9-6/h6,8H,3-5H2,1-2H3. The third kappa shape index (κ3) is 1.62. The van der Waals surface area contributed by atoms with Crippen molar-refractivity contribution in [1.29, 1.82) is 0 Å². The Kier molecular flexibility index (Phi) is 2.07. The molecule has 1 heterocycles. The van der Waals surface area contributed by atoms with Crippen molar-refractivity contribution in [3.8, 4) is 0 Å². The summed E-state index contributed by atoms with van der Waals surface area (Å²) < 4.78 is 0. The third-order valence-corrected chi connectivity index (χ3v) is 3.60. The molecule has 0 aromatic heterocycles. The van der Waals surface area contributed by atoms with Crippen LogP contribution in [0.1, 0.15) is 26.7 Å². The van der Waals surface area contributed by atoms with Crippen LogP contribution in [0.3, 0.4) is 0 Å². The second-order valence-electron chi connectivity index (χ2n) is 2.97. The van der Waals surface area contributed by atoms with Gasteiger partial charge in [0.25, 0.3) is 0 Å². The van der Waals surface area contributed by atoms with E-state index in [1.54, 1.807) is 0 Å². The van der Waals surface area contributed by atoms with Gasteiger partial charge in [0, 0.05) is 5.25 Å². The highest BCUT2D eigenvalue weighted by atomic mass is 32.2. The van der Waals surface area contributed by atoms with Gasteiger partial charge in [-0.2, -0.15) is 11.8 Å². The van der Waals surface area contributed by atoms with E-state index in [4.69, 9.17) is 0 Å². The summed E-state index contributed by atoms with van der Waals surface area (Å²) >= 11 is 1.87. The van der Waals surface area contributed by atoms with Crippen LogP contribution in [0.2, 0.25) is 0 Å². The van der Waals surface area contributed by atoms with E-state index in [-0.39, 0.29) is 0 Å². The van der Waals surface area contributed by atoms with Crippen LogP contribution in [0.4, 0.5) is 0 Å². The Morgan fingerprint density at radius 2 is 2.33 bits per heavy atom. The van der Waals surface area contributed by atoms with Gasteiger partial charge in [0.15, 0.2) is 0 Å². The average molecular weight is 146 g/mol. The highest BCUT2D eigenvalue weighted by molar-refractivity contribution is 8.00. The molecule has 0 aromatic carbocycles. The normalized spacial score (nSPS) is 45.0. The molecule has 0 saturated carbocycles. The molecular formula is C7H14OS. The lowest BCUT2D eigenvalue weighted by atomic mass is 9.97. The molecule has 1 nitrogen and oxygen atoms in total. The first-order valence-electron chi connectivity index (χ1n) is 3.47. The molecule has 0 amide bonds. The van der Waals surface area contributed by atoms with Gasteiger partial charge in [0.2, 0.25) is 0 Å². The zero-order valence-corrected chi connectivity index (χ0v) is 6.87. The molecule has 2 heteroatoms. The summed E-state index contributed by atoms with van der Waals surface area (Å²) in [6.07, 6.45) is 2.14. The van der Waals surface area contributed by atoms with Crippen LogP contribution in [-0.2, 0) is 0 Å². The van der Waals surface area contributed by atoms with Crippen LogP contribution in [0.25, 0.3) is 0 Å². The van der Waals surface area contributed by atoms with Crippen LogP contribution in [0.15, 0.2) is 0 Å². The van der Waals surface area contributed by atoms with Crippen LogP contribution < -0.4 is 0 Å². The first-order valence-corrected chi connectivity index (χ1v) is 4.52. The molecule has 1 aliphatic heterocycles. The van der Waals surface area contributed by atoms with E-state index in [1.807, 2.05) is 18.7 Å². The molecule has 0 aliphatic carbocycles. The number of hydrogen-bond donors (Lipinski definition) is 1. The average Bonchev–Trinajstić information content (AvgIpc) is 1.77. The predicted octanol–water partition coefficient (Wildman–Crippen LogP) is 1.65. The molecule has 54 valence electrons. The Hall–Kier alpha value is 0.310. The van der Waals surface area contributed by atoms with E-state index in [2.05, 4.69) is 6.92 Å². The lowest BCUT2D eigenvalue weighted by Gasteiger charge is -2.33. The van der Waals surface area contributed by atoms with Gasteiger partial charge in [0.05, 0.1) is 5.60 Å². The Morgan fingerprint density at radius 1 is 1.67 bits per heavy atom. The van der Waals surface area contributed by atoms with Gasteiger partial charge in [-0.3, -0.25) is 0 Å². The summed E-state index contributed by atoms with van der Waals surface area (Å²) in [5.41, 5.74) is -0.400.